The first-order valence-corrected chi connectivity index (χ1v) is 8.60. The Morgan fingerprint density at radius 2 is 1.37 bits per heavy atom. The lowest BCUT2D eigenvalue weighted by molar-refractivity contribution is 0.0686. The van der Waals surface area contributed by atoms with Crippen molar-refractivity contribution in [1.29, 1.82) is 0 Å². The van der Waals surface area contributed by atoms with Crippen molar-refractivity contribution in [2.75, 3.05) is 0 Å². The Morgan fingerprint density at radius 3 is 2.00 bits per heavy atom. The molecule has 4 aromatic rings. The molecule has 2 N–H and O–H groups in total. The summed E-state index contributed by atoms with van der Waals surface area (Å²) in [4.78, 5) is 29.6. The Hall–Kier alpha value is -3.32. The van der Waals surface area contributed by atoms with Crippen molar-refractivity contribution in [3.63, 3.8) is 0 Å². The van der Waals surface area contributed by atoms with E-state index in [-0.39, 0.29) is 5.56 Å². The zero-order chi connectivity index (χ0) is 19.4. The molecule has 134 valence electrons. The van der Waals surface area contributed by atoms with Gasteiger partial charge >= 0.3 is 11.9 Å². The highest BCUT2D eigenvalue weighted by Crippen LogP contribution is 2.18. The molecule has 0 radical (unpaired) electrons. The van der Waals surface area contributed by atoms with Crippen LogP contribution in [-0.2, 0) is 0 Å². The number of carbonyl (C=O) groups is 2. The van der Waals surface area contributed by atoms with E-state index in [1.165, 1.54) is 0 Å². The summed E-state index contributed by atoms with van der Waals surface area (Å²) in [5.74, 6) is -1.84. The second-order valence-electron chi connectivity index (χ2n) is 5.58. The lowest BCUT2D eigenvalue weighted by atomic mass is 10.1. The highest BCUT2D eigenvalue weighted by atomic mass is 79.9. The highest BCUT2D eigenvalue weighted by Gasteiger charge is 2.04. The van der Waals surface area contributed by atoms with Gasteiger partial charge in [0.25, 0.3) is 0 Å². The van der Waals surface area contributed by atoms with Crippen LogP contribution in [0.25, 0.3) is 21.8 Å². The third kappa shape index (κ3) is 4.45. The number of halogens is 1. The van der Waals surface area contributed by atoms with Crippen molar-refractivity contribution < 1.29 is 19.8 Å². The Bertz CT molecular complexity index is 1160. The minimum absolute atomic E-state index is 0.275. The highest BCUT2D eigenvalue weighted by molar-refractivity contribution is 9.10. The summed E-state index contributed by atoms with van der Waals surface area (Å²) >= 11 is 3.28. The van der Waals surface area contributed by atoms with Gasteiger partial charge in [0.1, 0.15) is 0 Å². The minimum atomic E-state index is -0.924. The van der Waals surface area contributed by atoms with Gasteiger partial charge in [-0.1, -0.05) is 6.07 Å². The molecule has 0 spiro atoms. The molecule has 27 heavy (non-hydrogen) atoms. The lowest BCUT2D eigenvalue weighted by Crippen LogP contribution is -1.95. The van der Waals surface area contributed by atoms with Gasteiger partial charge in [0, 0.05) is 27.6 Å². The smallest absolute Gasteiger partial charge is 0.335 e. The molecule has 0 amide bonds. The van der Waals surface area contributed by atoms with Gasteiger partial charge < -0.3 is 10.2 Å². The first-order valence-electron chi connectivity index (χ1n) is 7.81. The predicted octanol–water partition coefficient (Wildman–Crippen LogP) is 4.63. The van der Waals surface area contributed by atoms with E-state index in [2.05, 4.69) is 25.9 Å². The number of hydrogen-bond acceptors (Lipinski definition) is 4. The molecule has 2 aromatic heterocycles. The van der Waals surface area contributed by atoms with Crippen LogP contribution in [0.3, 0.4) is 0 Å². The zero-order valence-corrected chi connectivity index (χ0v) is 15.4. The van der Waals surface area contributed by atoms with Gasteiger partial charge in [0.2, 0.25) is 0 Å². The van der Waals surface area contributed by atoms with Crippen molar-refractivity contribution in [3.8, 4) is 0 Å². The van der Waals surface area contributed by atoms with E-state index in [0.717, 1.165) is 26.3 Å². The fraction of sp³-hybridized carbons (Fsp3) is 0. The Kier molecular flexibility index (Phi) is 5.42. The quantitative estimate of drug-likeness (QED) is 0.486. The summed E-state index contributed by atoms with van der Waals surface area (Å²) in [6.07, 6.45) is 3.37. The SMILES string of the molecule is O=C(O)c1ccc2ncc(Br)cc2c1.O=C(O)c1ccc2ncccc2c1. The number of pyridine rings is 2. The molecule has 2 heterocycles. The van der Waals surface area contributed by atoms with Gasteiger partial charge in [0.05, 0.1) is 22.2 Å². The van der Waals surface area contributed by atoms with E-state index >= 15 is 0 Å². The van der Waals surface area contributed by atoms with E-state index in [9.17, 15) is 9.59 Å². The fourth-order valence-electron chi connectivity index (χ4n) is 2.45. The molecule has 0 bridgehead atoms. The Labute approximate surface area is 162 Å². The summed E-state index contributed by atoms with van der Waals surface area (Å²) in [6, 6.07) is 15.2. The largest absolute Gasteiger partial charge is 0.478 e. The van der Waals surface area contributed by atoms with Crippen LogP contribution in [0.5, 0.6) is 0 Å². The van der Waals surface area contributed by atoms with Crippen LogP contribution in [0.15, 0.2) is 71.5 Å². The van der Waals surface area contributed by atoms with Crippen molar-refractivity contribution >= 4 is 49.7 Å². The molecule has 0 saturated heterocycles. The van der Waals surface area contributed by atoms with E-state index in [0.29, 0.717) is 5.56 Å². The maximum absolute atomic E-state index is 10.7. The van der Waals surface area contributed by atoms with E-state index in [1.54, 1.807) is 54.9 Å². The molecule has 0 saturated carbocycles. The molecule has 4 rings (SSSR count). The number of benzene rings is 2. The number of hydrogen-bond donors (Lipinski definition) is 2. The predicted molar refractivity (Wildman–Crippen MR) is 105 cm³/mol. The first-order chi connectivity index (χ1) is 12.9. The molecule has 0 atom stereocenters. The van der Waals surface area contributed by atoms with Gasteiger partial charge in [-0.25, -0.2) is 9.59 Å². The Morgan fingerprint density at radius 1 is 0.778 bits per heavy atom. The molecule has 7 heteroatoms. The van der Waals surface area contributed by atoms with Gasteiger partial charge in [-0.2, -0.15) is 0 Å². The van der Waals surface area contributed by atoms with Gasteiger partial charge in [0.15, 0.2) is 0 Å². The fourth-order valence-corrected chi connectivity index (χ4v) is 2.80. The summed E-state index contributed by atoms with van der Waals surface area (Å²) in [5.41, 5.74) is 2.17. The van der Waals surface area contributed by atoms with Crippen LogP contribution >= 0.6 is 15.9 Å². The molecule has 0 aliphatic carbocycles. The van der Waals surface area contributed by atoms with E-state index in [1.807, 2.05) is 12.1 Å². The van der Waals surface area contributed by atoms with Crippen molar-refractivity contribution in [3.05, 3.63) is 82.6 Å². The summed E-state index contributed by atoms with van der Waals surface area (Å²) in [6.45, 7) is 0. The number of fused-ring (bicyclic) bond motifs is 2. The van der Waals surface area contributed by atoms with Gasteiger partial charge in [-0.15, -0.1) is 0 Å². The maximum Gasteiger partial charge on any atom is 0.335 e. The molecule has 0 unspecified atom stereocenters. The van der Waals surface area contributed by atoms with Crippen LogP contribution in [0.2, 0.25) is 0 Å². The van der Waals surface area contributed by atoms with Gasteiger partial charge in [-0.3, -0.25) is 9.97 Å². The Balaban J connectivity index is 0.000000156. The summed E-state index contributed by atoms with van der Waals surface area (Å²) < 4.78 is 0.840. The standard InChI is InChI=1S/C10H6BrNO2.C10H7NO2/c11-8-4-7-3-6(10(13)14)1-2-9(7)12-5-8;12-10(13)8-3-4-9-7(6-8)2-1-5-11-9/h1-5H,(H,13,14);1-6H,(H,12,13). The number of nitrogens with zero attached hydrogens (tertiary/aromatic N) is 2. The normalized spacial score (nSPS) is 10.3. The number of aromatic nitrogens is 2. The number of aromatic carboxylic acids is 2. The van der Waals surface area contributed by atoms with Crippen molar-refractivity contribution in [1.82, 2.24) is 9.97 Å². The average Bonchev–Trinajstić information content (AvgIpc) is 2.67. The molecular weight excluding hydrogens is 412 g/mol. The molecule has 2 aromatic carbocycles. The van der Waals surface area contributed by atoms with Crippen molar-refractivity contribution in [2.45, 2.75) is 0 Å². The lowest BCUT2D eigenvalue weighted by Gasteiger charge is -1.99. The third-order valence-corrected chi connectivity index (χ3v) is 4.18. The molecular formula is C20H13BrN2O4. The van der Waals surface area contributed by atoms with Crippen LogP contribution in [-0.4, -0.2) is 32.1 Å². The van der Waals surface area contributed by atoms with E-state index < -0.39 is 11.9 Å². The average molecular weight is 425 g/mol. The van der Waals surface area contributed by atoms with Crippen LogP contribution < -0.4 is 0 Å². The van der Waals surface area contributed by atoms with Crippen LogP contribution in [0.4, 0.5) is 0 Å². The van der Waals surface area contributed by atoms with Crippen molar-refractivity contribution in [2.24, 2.45) is 0 Å². The molecule has 0 aliphatic rings. The molecule has 0 aliphatic heterocycles. The topological polar surface area (TPSA) is 100 Å². The minimum Gasteiger partial charge on any atom is -0.478 e. The maximum atomic E-state index is 10.7. The van der Waals surface area contributed by atoms with Crippen LogP contribution in [0, 0.1) is 0 Å². The van der Waals surface area contributed by atoms with Crippen LogP contribution in [0.1, 0.15) is 20.7 Å². The summed E-state index contributed by atoms with van der Waals surface area (Å²) in [7, 11) is 0. The molecule has 0 fully saturated rings. The third-order valence-electron chi connectivity index (χ3n) is 3.74. The van der Waals surface area contributed by atoms with Gasteiger partial charge in [-0.05, 0) is 64.5 Å². The zero-order valence-electron chi connectivity index (χ0n) is 13.8. The number of carboxylic acid groups (broad SMARTS) is 2. The van der Waals surface area contributed by atoms with E-state index in [4.69, 9.17) is 10.2 Å². The summed E-state index contributed by atoms with van der Waals surface area (Å²) in [5, 5.41) is 19.2. The first kappa shape index (κ1) is 18.5. The monoisotopic (exact) mass is 424 g/mol. The second kappa shape index (κ2) is 7.92. The number of rotatable bonds is 2. The second-order valence-corrected chi connectivity index (χ2v) is 6.50. The number of carboxylic acids is 2. The molecule has 6 nitrogen and oxygen atoms in total.